The van der Waals surface area contributed by atoms with E-state index in [1.165, 1.54) is 0 Å². The molecular weight excluding hydrogens is 182 g/mol. The summed E-state index contributed by atoms with van der Waals surface area (Å²) < 4.78 is 33.0. The van der Waals surface area contributed by atoms with Crippen molar-refractivity contribution >= 4 is 10.4 Å². The Morgan fingerprint density at radius 2 is 2.00 bits per heavy atom. The Bertz CT molecular complexity index is 214. The van der Waals surface area contributed by atoms with Crippen LogP contribution in [0.2, 0.25) is 0 Å². The molecule has 0 saturated heterocycles. The monoisotopic (exact) mass is 197 g/mol. The quantitative estimate of drug-likeness (QED) is 0.615. The van der Waals surface area contributed by atoms with Gasteiger partial charge in [0, 0.05) is 6.04 Å². The third-order valence-corrected chi connectivity index (χ3v) is 2.04. The molecule has 74 valence electrons. The highest BCUT2D eigenvalue weighted by Gasteiger charge is 2.14. The second-order valence-corrected chi connectivity index (χ2v) is 3.81. The molecule has 0 spiro atoms. The van der Waals surface area contributed by atoms with Crippen LogP contribution in [-0.4, -0.2) is 32.2 Å². The Morgan fingerprint density at radius 3 is 2.33 bits per heavy atom. The molecule has 0 heterocycles. The van der Waals surface area contributed by atoms with E-state index in [0.29, 0.717) is 6.42 Å². The van der Waals surface area contributed by atoms with Gasteiger partial charge in [0.2, 0.25) is 0 Å². The molecule has 0 radical (unpaired) electrons. The van der Waals surface area contributed by atoms with Gasteiger partial charge in [-0.05, 0) is 27.3 Å². The van der Waals surface area contributed by atoms with Crippen LogP contribution in [0.3, 0.4) is 0 Å². The van der Waals surface area contributed by atoms with E-state index >= 15 is 0 Å². The highest BCUT2D eigenvalue weighted by molar-refractivity contribution is 7.80. The van der Waals surface area contributed by atoms with Gasteiger partial charge in [0.05, 0.1) is 6.10 Å². The Morgan fingerprint density at radius 1 is 1.50 bits per heavy atom. The van der Waals surface area contributed by atoms with Crippen molar-refractivity contribution in [3.05, 3.63) is 0 Å². The van der Waals surface area contributed by atoms with E-state index in [-0.39, 0.29) is 6.04 Å². The Balaban J connectivity index is 3.82. The largest absolute Gasteiger partial charge is 0.397 e. The number of hydrogen-bond acceptors (Lipinski definition) is 4. The summed E-state index contributed by atoms with van der Waals surface area (Å²) in [7, 11) is -2.54. The summed E-state index contributed by atoms with van der Waals surface area (Å²) in [4.78, 5) is 0. The molecule has 0 aliphatic heterocycles. The molecule has 0 saturated carbocycles. The Labute approximate surface area is 73.1 Å². The van der Waals surface area contributed by atoms with Gasteiger partial charge in [-0.25, -0.2) is 4.18 Å². The van der Waals surface area contributed by atoms with Crippen LogP contribution < -0.4 is 5.32 Å². The van der Waals surface area contributed by atoms with Crippen LogP contribution >= 0.6 is 0 Å². The lowest BCUT2D eigenvalue weighted by Crippen LogP contribution is -2.27. The fraction of sp³-hybridized carbons (Fsp3) is 1.00. The molecule has 6 heteroatoms. The SMILES string of the molecule is CN[C@@H](C)C[C@@H](C)OS(=O)(=O)O. The first-order valence-corrected chi connectivity index (χ1v) is 5.04. The highest BCUT2D eigenvalue weighted by Crippen LogP contribution is 2.04. The molecule has 0 aliphatic carbocycles. The van der Waals surface area contributed by atoms with Gasteiger partial charge >= 0.3 is 10.4 Å². The van der Waals surface area contributed by atoms with Crippen molar-refractivity contribution < 1.29 is 17.2 Å². The van der Waals surface area contributed by atoms with E-state index in [2.05, 4.69) is 9.50 Å². The molecule has 12 heavy (non-hydrogen) atoms. The molecule has 2 N–H and O–H groups in total. The molecule has 0 rings (SSSR count). The van der Waals surface area contributed by atoms with Gasteiger partial charge in [-0.1, -0.05) is 0 Å². The van der Waals surface area contributed by atoms with Gasteiger partial charge in [-0.15, -0.1) is 0 Å². The van der Waals surface area contributed by atoms with Crippen molar-refractivity contribution in [1.29, 1.82) is 0 Å². The first-order valence-electron chi connectivity index (χ1n) is 3.68. The summed E-state index contributed by atoms with van der Waals surface area (Å²) in [6, 6.07) is 0.154. The number of rotatable bonds is 5. The fourth-order valence-electron chi connectivity index (χ4n) is 0.863. The van der Waals surface area contributed by atoms with Crippen LogP contribution in [0.5, 0.6) is 0 Å². The van der Waals surface area contributed by atoms with Gasteiger partial charge in [0.25, 0.3) is 0 Å². The lowest BCUT2D eigenvalue weighted by molar-refractivity contribution is 0.179. The summed E-state index contributed by atoms with van der Waals surface area (Å²) in [6.45, 7) is 3.48. The van der Waals surface area contributed by atoms with E-state index in [1.807, 2.05) is 6.92 Å². The van der Waals surface area contributed by atoms with Crippen molar-refractivity contribution in [1.82, 2.24) is 5.32 Å². The van der Waals surface area contributed by atoms with E-state index in [1.54, 1.807) is 14.0 Å². The van der Waals surface area contributed by atoms with Gasteiger partial charge < -0.3 is 5.32 Å². The van der Waals surface area contributed by atoms with Crippen LogP contribution in [0, 0.1) is 0 Å². The predicted octanol–water partition coefficient (Wildman–Crippen LogP) is 0.192. The van der Waals surface area contributed by atoms with Crippen LogP contribution in [0.4, 0.5) is 0 Å². The van der Waals surface area contributed by atoms with Gasteiger partial charge in [0.1, 0.15) is 0 Å². The van der Waals surface area contributed by atoms with E-state index in [4.69, 9.17) is 4.55 Å². The molecule has 5 nitrogen and oxygen atoms in total. The summed E-state index contributed by atoms with van der Waals surface area (Å²) in [5.41, 5.74) is 0. The molecule has 0 amide bonds. The van der Waals surface area contributed by atoms with Crippen molar-refractivity contribution in [2.75, 3.05) is 7.05 Å². The zero-order chi connectivity index (χ0) is 9.78. The third-order valence-electron chi connectivity index (χ3n) is 1.46. The van der Waals surface area contributed by atoms with Crippen molar-refractivity contribution in [2.45, 2.75) is 32.4 Å². The van der Waals surface area contributed by atoms with Gasteiger partial charge in [-0.2, -0.15) is 8.42 Å². The Kier molecular flexibility index (Phi) is 4.69. The maximum atomic E-state index is 10.2. The maximum absolute atomic E-state index is 10.2. The van der Waals surface area contributed by atoms with Crippen LogP contribution in [-0.2, 0) is 14.6 Å². The average molecular weight is 197 g/mol. The topological polar surface area (TPSA) is 75.6 Å². The van der Waals surface area contributed by atoms with Crippen molar-refractivity contribution in [3.8, 4) is 0 Å². The highest BCUT2D eigenvalue weighted by atomic mass is 32.3. The number of hydrogen-bond donors (Lipinski definition) is 2. The molecule has 0 unspecified atom stereocenters. The smallest absolute Gasteiger partial charge is 0.317 e. The van der Waals surface area contributed by atoms with Crippen LogP contribution in [0.1, 0.15) is 20.3 Å². The van der Waals surface area contributed by atoms with E-state index in [0.717, 1.165) is 0 Å². The summed E-state index contributed by atoms with van der Waals surface area (Å²) >= 11 is 0. The van der Waals surface area contributed by atoms with Crippen LogP contribution in [0.15, 0.2) is 0 Å². The van der Waals surface area contributed by atoms with E-state index in [9.17, 15) is 8.42 Å². The second kappa shape index (κ2) is 4.76. The summed E-state index contributed by atoms with van der Waals surface area (Å²) in [5, 5.41) is 2.93. The maximum Gasteiger partial charge on any atom is 0.397 e. The van der Waals surface area contributed by atoms with Gasteiger partial charge in [-0.3, -0.25) is 4.55 Å². The molecule has 2 atom stereocenters. The molecule has 0 bridgehead atoms. The first-order chi connectivity index (χ1) is 5.35. The minimum atomic E-state index is -4.30. The van der Waals surface area contributed by atoms with E-state index < -0.39 is 16.5 Å². The molecule has 0 aromatic rings. The second-order valence-electron chi connectivity index (χ2n) is 2.76. The first kappa shape index (κ1) is 11.8. The van der Waals surface area contributed by atoms with Gasteiger partial charge in [0.15, 0.2) is 0 Å². The zero-order valence-corrected chi connectivity index (χ0v) is 8.26. The van der Waals surface area contributed by atoms with Crippen LogP contribution in [0.25, 0.3) is 0 Å². The van der Waals surface area contributed by atoms with Crippen molar-refractivity contribution in [2.24, 2.45) is 0 Å². The average Bonchev–Trinajstić information content (AvgIpc) is 1.82. The molecule has 0 aromatic carbocycles. The molecule has 0 fully saturated rings. The Hall–Kier alpha value is -0.170. The lowest BCUT2D eigenvalue weighted by atomic mass is 10.2. The normalized spacial score (nSPS) is 17.3. The summed E-state index contributed by atoms with van der Waals surface area (Å²) in [5.74, 6) is 0. The molecular formula is C6H15NO4S. The minimum absolute atomic E-state index is 0.154. The standard InChI is InChI=1S/C6H15NO4S/c1-5(7-3)4-6(2)11-12(8,9)10/h5-7H,4H2,1-3H3,(H,8,9,10)/t5-,6+/m0/s1. The zero-order valence-electron chi connectivity index (χ0n) is 7.44. The lowest BCUT2D eigenvalue weighted by Gasteiger charge is -2.14. The molecule has 0 aliphatic rings. The predicted molar refractivity (Wildman–Crippen MR) is 45.2 cm³/mol. The summed E-state index contributed by atoms with van der Waals surface area (Å²) in [6.07, 6.45) is 0.0125. The fourth-order valence-corrected chi connectivity index (χ4v) is 1.36. The minimum Gasteiger partial charge on any atom is -0.317 e. The third kappa shape index (κ3) is 6.53. The molecule has 0 aromatic heterocycles. The number of nitrogens with one attached hydrogen (secondary N) is 1. The van der Waals surface area contributed by atoms with Crippen molar-refractivity contribution in [3.63, 3.8) is 0 Å².